The number of nitro benzene ring substituents is 1. The number of hydrazone groups is 1. The molecule has 6 atom stereocenters. The van der Waals surface area contributed by atoms with Crippen LogP contribution in [0.4, 0.5) is 5.69 Å². The van der Waals surface area contributed by atoms with E-state index in [0.717, 1.165) is 17.0 Å². The summed E-state index contributed by atoms with van der Waals surface area (Å²) in [6, 6.07) is 9.57. The van der Waals surface area contributed by atoms with Crippen LogP contribution in [0.25, 0.3) is 0 Å². The molecule has 36 heavy (non-hydrogen) atoms. The first-order valence-electron chi connectivity index (χ1n) is 11.7. The number of hydrogen-bond acceptors (Lipinski definition) is 7. The van der Waals surface area contributed by atoms with Crippen molar-refractivity contribution in [3.63, 3.8) is 0 Å². The highest BCUT2D eigenvalue weighted by Crippen LogP contribution is 2.65. The van der Waals surface area contributed by atoms with Gasteiger partial charge in [0, 0.05) is 12.1 Å². The molecule has 0 aromatic heterocycles. The minimum Gasteiger partial charge on any atom is -0.493 e. The molecule has 4 aliphatic carbocycles. The topological polar surface area (TPSA) is 111 Å². The summed E-state index contributed by atoms with van der Waals surface area (Å²) in [7, 11) is 1.51. The van der Waals surface area contributed by atoms with Crippen LogP contribution < -0.4 is 9.47 Å². The highest BCUT2D eigenvalue weighted by molar-refractivity contribution is 9.10. The highest BCUT2D eigenvalue weighted by Gasteiger charge is 2.67. The Labute approximate surface area is 215 Å². The number of ether oxygens (including phenoxy) is 2. The molecule has 0 spiro atoms. The number of allylic oxidation sites excluding steroid dienone is 2. The molecule has 7 rings (SSSR count). The number of amides is 2. The standard InChI is InChI=1S/C26H22BrN3O6/c1-35-21-9-14(8-20(27)24(21)36-12-13-2-4-15(5-3-13)30(33)34)11-28-29-25(31)22-16-6-7-17(19-10-18(16)19)23(22)26(29)32/h2-9,11,16-19,22-23H,10,12H2,1H3/b28-11-/t16-,17-,18-,19+,22-,23+/m0/s1. The quantitative estimate of drug-likeness (QED) is 0.166. The van der Waals surface area contributed by atoms with Gasteiger partial charge in [0.15, 0.2) is 11.5 Å². The van der Waals surface area contributed by atoms with Crippen molar-refractivity contribution >= 4 is 39.6 Å². The van der Waals surface area contributed by atoms with Gasteiger partial charge < -0.3 is 9.47 Å². The van der Waals surface area contributed by atoms with Gasteiger partial charge in [-0.05, 0) is 81.4 Å². The Hall–Kier alpha value is -3.53. The molecule has 0 N–H and O–H groups in total. The van der Waals surface area contributed by atoms with Crippen molar-refractivity contribution in [2.45, 2.75) is 13.0 Å². The summed E-state index contributed by atoms with van der Waals surface area (Å²) in [5, 5.41) is 16.2. The van der Waals surface area contributed by atoms with E-state index in [-0.39, 0.29) is 47.8 Å². The van der Waals surface area contributed by atoms with Gasteiger partial charge in [-0.25, -0.2) is 0 Å². The van der Waals surface area contributed by atoms with Crippen molar-refractivity contribution in [3.05, 3.63) is 74.3 Å². The lowest BCUT2D eigenvalue weighted by atomic mass is 9.63. The lowest BCUT2D eigenvalue weighted by molar-refractivity contribution is -0.384. The third-order valence-corrected chi connectivity index (χ3v) is 8.33. The second-order valence-electron chi connectivity index (χ2n) is 9.63. The lowest BCUT2D eigenvalue weighted by Gasteiger charge is -2.37. The molecule has 184 valence electrons. The predicted octanol–water partition coefficient (Wildman–Crippen LogP) is 4.33. The van der Waals surface area contributed by atoms with E-state index in [1.54, 1.807) is 24.3 Å². The molecule has 2 bridgehead atoms. The van der Waals surface area contributed by atoms with Gasteiger partial charge in [0.2, 0.25) is 0 Å². The fraction of sp³-hybridized carbons (Fsp3) is 0.346. The lowest BCUT2D eigenvalue weighted by Crippen LogP contribution is -2.40. The van der Waals surface area contributed by atoms with E-state index in [2.05, 4.69) is 33.2 Å². The first-order valence-corrected chi connectivity index (χ1v) is 12.5. The Morgan fingerprint density at radius 1 is 1.11 bits per heavy atom. The molecule has 2 saturated carbocycles. The van der Waals surface area contributed by atoms with Gasteiger partial charge in [0.1, 0.15) is 6.61 Å². The Kier molecular flexibility index (Phi) is 5.44. The Morgan fingerprint density at radius 2 is 1.75 bits per heavy atom. The maximum atomic E-state index is 13.1. The number of carbonyl (C=O) groups excluding carboxylic acids is 2. The van der Waals surface area contributed by atoms with E-state index < -0.39 is 4.92 Å². The molecule has 1 aliphatic heterocycles. The monoisotopic (exact) mass is 551 g/mol. The summed E-state index contributed by atoms with van der Waals surface area (Å²) in [5.74, 6) is 1.29. The summed E-state index contributed by atoms with van der Waals surface area (Å²) in [6.07, 6.45) is 6.87. The number of carbonyl (C=O) groups is 2. The van der Waals surface area contributed by atoms with Crippen molar-refractivity contribution in [2.24, 2.45) is 40.6 Å². The molecule has 5 aliphatic rings. The van der Waals surface area contributed by atoms with Crippen LogP contribution in [0.3, 0.4) is 0 Å². The smallest absolute Gasteiger partial charge is 0.269 e. The molecule has 9 nitrogen and oxygen atoms in total. The van der Waals surface area contributed by atoms with Crippen LogP contribution in [-0.2, 0) is 16.2 Å². The second kappa shape index (κ2) is 8.55. The molecule has 1 heterocycles. The number of rotatable bonds is 7. The highest BCUT2D eigenvalue weighted by atomic mass is 79.9. The van der Waals surface area contributed by atoms with E-state index in [0.29, 0.717) is 33.4 Å². The number of nitrogens with zero attached hydrogens (tertiary/aromatic N) is 3. The third-order valence-electron chi connectivity index (χ3n) is 7.74. The minimum absolute atomic E-state index is 0.0103. The first-order chi connectivity index (χ1) is 17.4. The van der Waals surface area contributed by atoms with Crippen LogP contribution in [-0.4, -0.2) is 35.1 Å². The van der Waals surface area contributed by atoms with E-state index >= 15 is 0 Å². The van der Waals surface area contributed by atoms with Crippen LogP contribution in [0.5, 0.6) is 11.5 Å². The van der Waals surface area contributed by atoms with Crippen LogP contribution >= 0.6 is 15.9 Å². The van der Waals surface area contributed by atoms with Crippen molar-refractivity contribution in [2.75, 3.05) is 7.11 Å². The zero-order valence-corrected chi connectivity index (χ0v) is 20.8. The van der Waals surface area contributed by atoms with Crippen molar-refractivity contribution in [1.29, 1.82) is 0 Å². The van der Waals surface area contributed by atoms with Gasteiger partial charge in [-0.2, -0.15) is 10.1 Å². The van der Waals surface area contributed by atoms with Crippen LogP contribution in [0, 0.1) is 45.6 Å². The van der Waals surface area contributed by atoms with Gasteiger partial charge in [0.25, 0.3) is 17.5 Å². The molecule has 2 amide bonds. The molecular weight excluding hydrogens is 530 g/mol. The summed E-state index contributed by atoms with van der Waals surface area (Å²) in [6.45, 7) is 0.179. The van der Waals surface area contributed by atoms with Gasteiger partial charge in [-0.15, -0.1) is 0 Å². The Balaban J connectivity index is 1.18. The van der Waals surface area contributed by atoms with Gasteiger partial charge in [0.05, 0.1) is 34.6 Å². The maximum Gasteiger partial charge on any atom is 0.269 e. The summed E-state index contributed by atoms with van der Waals surface area (Å²) in [5.41, 5.74) is 1.39. The molecule has 2 aromatic rings. The molecular formula is C26H22BrN3O6. The third kappa shape index (κ3) is 3.62. The average molecular weight is 552 g/mol. The molecule has 1 saturated heterocycles. The normalized spacial score (nSPS) is 29.4. The summed E-state index contributed by atoms with van der Waals surface area (Å²) >= 11 is 3.49. The maximum absolute atomic E-state index is 13.1. The molecule has 10 heteroatoms. The molecule has 3 fully saturated rings. The minimum atomic E-state index is -0.453. The summed E-state index contributed by atoms with van der Waals surface area (Å²) in [4.78, 5) is 36.6. The van der Waals surface area contributed by atoms with Crippen LogP contribution in [0.2, 0.25) is 0 Å². The zero-order chi connectivity index (χ0) is 25.1. The van der Waals surface area contributed by atoms with Crippen molar-refractivity contribution in [1.82, 2.24) is 5.01 Å². The van der Waals surface area contributed by atoms with E-state index in [1.807, 2.05) is 0 Å². The second-order valence-corrected chi connectivity index (χ2v) is 10.5. The number of hydrogen-bond donors (Lipinski definition) is 0. The fourth-order valence-corrected chi connectivity index (χ4v) is 6.58. The Bertz CT molecular complexity index is 1300. The van der Waals surface area contributed by atoms with E-state index in [4.69, 9.17) is 9.47 Å². The van der Waals surface area contributed by atoms with Crippen LogP contribution in [0.15, 0.2) is 58.1 Å². The number of benzene rings is 2. The number of halogens is 1. The molecule has 2 aromatic carbocycles. The number of non-ortho nitro benzene ring substituents is 1. The zero-order valence-electron chi connectivity index (χ0n) is 19.2. The van der Waals surface area contributed by atoms with Gasteiger partial charge in [-0.1, -0.05) is 12.2 Å². The summed E-state index contributed by atoms with van der Waals surface area (Å²) < 4.78 is 12.0. The van der Waals surface area contributed by atoms with E-state index in [9.17, 15) is 19.7 Å². The largest absolute Gasteiger partial charge is 0.493 e. The number of methoxy groups -OCH3 is 1. The fourth-order valence-electron chi connectivity index (χ4n) is 6.00. The first kappa shape index (κ1) is 22.9. The van der Waals surface area contributed by atoms with Crippen molar-refractivity contribution in [3.8, 4) is 11.5 Å². The van der Waals surface area contributed by atoms with Crippen molar-refractivity contribution < 1.29 is 24.0 Å². The average Bonchev–Trinajstić information content (AvgIpc) is 3.66. The SMILES string of the molecule is COc1cc(/C=N\N2C(=O)[C@@H]3[C@H]4C=C[C@@H]([C@@H]5C[C@H]45)[C@@H]3C2=O)cc(Br)c1OCc1ccc([N+](=O)[O-])cc1. The van der Waals surface area contributed by atoms with Crippen LogP contribution in [0.1, 0.15) is 17.5 Å². The van der Waals surface area contributed by atoms with Gasteiger partial charge in [-0.3, -0.25) is 19.7 Å². The number of imide groups is 1. The van der Waals surface area contributed by atoms with E-state index in [1.165, 1.54) is 25.5 Å². The molecule has 0 unspecified atom stereocenters. The predicted molar refractivity (Wildman–Crippen MR) is 132 cm³/mol. The number of nitro groups is 1. The Morgan fingerprint density at radius 3 is 2.33 bits per heavy atom. The van der Waals surface area contributed by atoms with Gasteiger partial charge >= 0.3 is 0 Å². The molecule has 0 radical (unpaired) electrons.